The molecule has 0 unspecified atom stereocenters. The lowest BCUT2D eigenvalue weighted by Gasteiger charge is -2.11. The second-order valence-corrected chi connectivity index (χ2v) is 10.1. The van der Waals surface area contributed by atoms with Crippen LogP contribution in [-0.2, 0) is 15.8 Å². The van der Waals surface area contributed by atoms with E-state index >= 15 is 0 Å². The summed E-state index contributed by atoms with van der Waals surface area (Å²) in [6.45, 7) is 2.40. The topological polar surface area (TPSA) is 75.3 Å². The van der Waals surface area contributed by atoms with Gasteiger partial charge in [0.25, 0.3) is 15.9 Å². The largest absolute Gasteiger partial charge is 0.351 e. The number of nitrogens with one attached hydrogen (secondary N) is 2. The molecule has 5 nitrogen and oxygen atoms in total. The molecule has 3 aromatic carbocycles. The maximum Gasteiger partial charge on any atom is 0.261 e. The number of amides is 1. The highest BCUT2D eigenvalue weighted by molar-refractivity contribution is 7.98. The smallest absolute Gasteiger partial charge is 0.261 e. The standard InChI is InChI=1S/C23H23ClN2O3S2/c1-17-7-10-20(11-8-17)31(28,29)26-22-12-9-19(15-21(22)24)23(27)25-13-14-30-16-18-5-3-2-4-6-18/h2-12,15,26H,13-14,16H2,1H3,(H,25,27). The van der Waals surface area contributed by atoms with Crippen molar-refractivity contribution in [2.75, 3.05) is 17.0 Å². The molecule has 0 spiro atoms. The van der Waals surface area contributed by atoms with Gasteiger partial charge in [0, 0.05) is 23.6 Å². The van der Waals surface area contributed by atoms with Crippen LogP contribution in [0.3, 0.4) is 0 Å². The van der Waals surface area contributed by atoms with Crippen molar-refractivity contribution in [1.29, 1.82) is 0 Å². The fourth-order valence-electron chi connectivity index (χ4n) is 2.76. The first-order valence-corrected chi connectivity index (χ1v) is 12.7. The van der Waals surface area contributed by atoms with E-state index in [1.54, 1.807) is 30.0 Å². The number of carbonyl (C=O) groups excluding carboxylic acids is 1. The molecule has 31 heavy (non-hydrogen) atoms. The highest BCUT2D eigenvalue weighted by atomic mass is 35.5. The molecule has 0 atom stereocenters. The molecule has 0 bridgehead atoms. The Bertz CT molecular complexity index is 1140. The number of thioether (sulfide) groups is 1. The van der Waals surface area contributed by atoms with Gasteiger partial charge in [-0.05, 0) is 42.8 Å². The Morgan fingerprint density at radius 1 is 1.00 bits per heavy atom. The second kappa shape index (κ2) is 10.7. The van der Waals surface area contributed by atoms with Crippen LogP contribution < -0.4 is 10.0 Å². The molecule has 0 aromatic heterocycles. The van der Waals surface area contributed by atoms with Gasteiger partial charge in [-0.25, -0.2) is 8.42 Å². The molecule has 3 rings (SSSR count). The Labute approximate surface area is 192 Å². The molecule has 0 heterocycles. The highest BCUT2D eigenvalue weighted by Crippen LogP contribution is 2.26. The molecule has 0 aliphatic heterocycles. The fourth-order valence-corrected chi connectivity index (χ4v) is 4.95. The zero-order valence-corrected chi connectivity index (χ0v) is 19.4. The molecular formula is C23H23ClN2O3S2. The van der Waals surface area contributed by atoms with E-state index in [1.807, 2.05) is 25.1 Å². The van der Waals surface area contributed by atoms with Crippen LogP contribution in [0.5, 0.6) is 0 Å². The average Bonchev–Trinajstić information content (AvgIpc) is 2.75. The van der Waals surface area contributed by atoms with Crippen molar-refractivity contribution < 1.29 is 13.2 Å². The lowest BCUT2D eigenvalue weighted by atomic mass is 10.2. The summed E-state index contributed by atoms with van der Waals surface area (Å²) >= 11 is 7.97. The number of benzene rings is 3. The lowest BCUT2D eigenvalue weighted by Crippen LogP contribution is -2.25. The maximum atomic E-state index is 12.5. The van der Waals surface area contributed by atoms with Crippen LogP contribution in [-0.4, -0.2) is 26.6 Å². The zero-order chi connectivity index (χ0) is 22.3. The zero-order valence-electron chi connectivity index (χ0n) is 17.0. The summed E-state index contributed by atoms with van der Waals surface area (Å²) in [6.07, 6.45) is 0. The van der Waals surface area contributed by atoms with Crippen LogP contribution in [0.1, 0.15) is 21.5 Å². The van der Waals surface area contributed by atoms with Crippen LogP contribution >= 0.6 is 23.4 Å². The third kappa shape index (κ3) is 6.75. The number of hydrogen-bond donors (Lipinski definition) is 2. The number of sulfonamides is 1. The summed E-state index contributed by atoms with van der Waals surface area (Å²) in [6, 6.07) is 21.1. The molecule has 2 N–H and O–H groups in total. The number of carbonyl (C=O) groups is 1. The van der Waals surface area contributed by atoms with Gasteiger partial charge in [-0.2, -0.15) is 11.8 Å². The molecule has 162 valence electrons. The van der Waals surface area contributed by atoms with Gasteiger partial charge in [-0.15, -0.1) is 0 Å². The van der Waals surface area contributed by atoms with Crippen molar-refractivity contribution in [3.05, 3.63) is 94.5 Å². The van der Waals surface area contributed by atoms with Crippen LogP contribution in [0.4, 0.5) is 5.69 Å². The number of hydrogen-bond acceptors (Lipinski definition) is 4. The Hall–Kier alpha value is -2.48. The van der Waals surface area contributed by atoms with Crippen LogP contribution in [0.15, 0.2) is 77.7 Å². The predicted octanol–water partition coefficient (Wildman–Crippen LogP) is 5.11. The van der Waals surface area contributed by atoms with E-state index in [0.717, 1.165) is 17.1 Å². The van der Waals surface area contributed by atoms with E-state index in [2.05, 4.69) is 22.2 Å². The molecule has 0 saturated heterocycles. The lowest BCUT2D eigenvalue weighted by molar-refractivity contribution is 0.0956. The Balaban J connectivity index is 1.53. The Morgan fingerprint density at radius 2 is 1.71 bits per heavy atom. The van der Waals surface area contributed by atoms with Gasteiger partial charge in [-0.1, -0.05) is 59.6 Å². The van der Waals surface area contributed by atoms with E-state index in [-0.39, 0.29) is 21.5 Å². The Morgan fingerprint density at radius 3 is 2.39 bits per heavy atom. The quantitative estimate of drug-likeness (QED) is 0.422. The molecule has 0 aliphatic carbocycles. The normalized spacial score (nSPS) is 11.2. The van der Waals surface area contributed by atoms with E-state index in [1.165, 1.54) is 29.8 Å². The van der Waals surface area contributed by atoms with Crippen LogP contribution in [0.25, 0.3) is 0 Å². The van der Waals surface area contributed by atoms with Gasteiger partial charge < -0.3 is 5.32 Å². The minimum Gasteiger partial charge on any atom is -0.351 e. The van der Waals surface area contributed by atoms with Gasteiger partial charge in [0.2, 0.25) is 0 Å². The first-order chi connectivity index (χ1) is 14.8. The fraction of sp³-hybridized carbons (Fsp3) is 0.174. The van der Waals surface area contributed by atoms with E-state index in [0.29, 0.717) is 12.1 Å². The average molecular weight is 475 g/mol. The SMILES string of the molecule is Cc1ccc(S(=O)(=O)Nc2ccc(C(=O)NCCSCc3ccccc3)cc2Cl)cc1. The first kappa shape index (κ1) is 23.2. The summed E-state index contributed by atoms with van der Waals surface area (Å²) in [5.74, 6) is 1.41. The monoisotopic (exact) mass is 474 g/mol. The molecule has 0 fully saturated rings. The summed E-state index contributed by atoms with van der Waals surface area (Å²) in [7, 11) is -3.77. The number of rotatable bonds is 9. The van der Waals surface area contributed by atoms with Crippen molar-refractivity contribution in [3.63, 3.8) is 0 Å². The minimum atomic E-state index is -3.77. The summed E-state index contributed by atoms with van der Waals surface area (Å²) in [5, 5.41) is 3.01. The molecule has 0 saturated carbocycles. The van der Waals surface area contributed by atoms with Crippen LogP contribution in [0, 0.1) is 6.92 Å². The third-order valence-electron chi connectivity index (χ3n) is 4.45. The molecule has 8 heteroatoms. The van der Waals surface area contributed by atoms with Crippen molar-refractivity contribution >= 4 is 45.0 Å². The van der Waals surface area contributed by atoms with E-state index < -0.39 is 10.0 Å². The minimum absolute atomic E-state index is 0.143. The summed E-state index contributed by atoms with van der Waals surface area (Å²) in [5.41, 5.74) is 2.80. The van der Waals surface area contributed by atoms with Crippen molar-refractivity contribution in [2.24, 2.45) is 0 Å². The van der Waals surface area contributed by atoms with Crippen LogP contribution in [0.2, 0.25) is 5.02 Å². The van der Waals surface area contributed by atoms with E-state index in [9.17, 15) is 13.2 Å². The van der Waals surface area contributed by atoms with E-state index in [4.69, 9.17) is 11.6 Å². The molecule has 0 radical (unpaired) electrons. The van der Waals surface area contributed by atoms with Gasteiger partial charge in [0.1, 0.15) is 0 Å². The first-order valence-electron chi connectivity index (χ1n) is 9.64. The van der Waals surface area contributed by atoms with Crippen molar-refractivity contribution in [1.82, 2.24) is 5.32 Å². The molecule has 3 aromatic rings. The van der Waals surface area contributed by atoms with Gasteiger partial charge in [0.15, 0.2) is 0 Å². The summed E-state index contributed by atoms with van der Waals surface area (Å²) < 4.78 is 27.5. The van der Waals surface area contributed by atoms with Gasteiger partial charge >= 0.3 is 0 Å². The number of aryl methyl sites for hydroxylation is 1. The van der Waals surface area contributed by atoms with Gasteiger partial charge in [0.05, 0.1) is 15.6 Å². The Kier molecular flexibility index (Phi) is 8.01. The number of halogens is 1. The molecule has 0 aliphatic rings. The highest BCUT2D eigenvalue weighted by Gasteiger charge is 2.16. The predicted molar refractivity (Wildman–Crippen MR) is 128 cm³/mol. The maximum absolute atomic E-state index is 12.5. The van der Waals surface area contributed by atoms with Gasteiger partial charge in [-0.3, -0.25) is 9.52 Å². The number of anilines is 1. The molecule has 1 amide bonds. The summed E-state index contributed by atoms with van der Waals surface area (Å²) in [4.78, 5) is 12.5. The second-order valence-electron chi connectivity index (χ2n) is 6.91. The molecular weight excluding hydrogens is 452 g/mol. The van der Waals surface area contributed by atoms with Crippen molar-refractivity contribution in [3.8, 4) is 0 Å². The van der Waals surface area contributed by atoms with Crippen molar-refractivity contribution in [2.45, 2.75) is 17.6 Å². The third-order valence-corrected chi connectivity index (χ3v) is 7.17.